The van der Waals surface area contributed by atoms with E-state index in [2.05, 4.69) is 10.1 Å². The second-order valence-electron chi connectivity index (χ2n) is 3.86. The van der Waals surface area contributed by atoms with E-state index in [-0.39, 0.29) is 6.42 Å². The smallest absolute Gasteiger partial charge is 0.264 e. The van der Waals surface area contributed by atoms with Crippen LogP contribution in [0.2, 0.25) is 0 Å². The Morgan fingerprint density at radius 3 is 2.67 bits per heavy atom. The van der Waals surface area contributed by atoms with Gasteiger partial charge in [0.2, 0.25) is 0 Å². The summed E-state index contributed by atoms with van der Waals surface area (Å²) >= 11 is 0. The molecule has 1 heterocycles. The second-order valence-corrected chi connectivity index (χ2v) is 3.86. The van der Waals surface area contributed by atoms with Gasteiger partial charge >= 0.3 is 0 Å². The third-order valence-electron chi connectivity index (χ3n) is 1.92. The number of hydrogen-bond donors (Lipinski definition) is 1. The highest BCUT2D eigenvalue weighted by Crippen LogP contribution is 2.08. The van der Waals surface area contributed by atoms with Gasteiger partial charge in [0.25, 0.3) is 6.43 Å². The Labute approximate surface area is 86.9 Å². The Kier molecular flexibility index (Phi) is 4.14. The Morgan fingerprint density at radius 2 is 2.13 bits per heavy atom. The number of aliphatic hydroxyl groups excluding tert-OH is 1. The van der Waals surface area contributed by atoms with Gasteiger partial charge in [0.05, 0.1) is 0 Å². The molecule has 15 heavy (non-hydrogen) atoms. The molecule has 0 amide bonds. The lowest BCUT2D eigenvalue weighted by molar-refractivity contribution is -0.00531. The number of halogens is 2. The van der Waals surface area contributed by atoms with E-state index in [0.29, 0.717) is 18.3 Å². The number of aromatic nitrogens is 3. The number of nitrogens with zero attached hydrogens (tertiary/aromatic N) is 3. The van der Waals surface area contributed by atoms with Crippen LogP contribution in [0, 0.1) is 5.92 Å². The molecule has 1 aromatic rings. The van der Waals surface area contributed by atoms with E-state index < -0.39 is 12.5 Å². The SMILES string of the molecule is CC(C)Cn1ncnc1CC(O)C(F)F. The van der Waals surface area contributed by atoms with Crippen molar-refractivity contribution in [1.29, 1.82) is 0 Å². The summed E-state index contributed by atoms with van der Waals surface area (Å²) in [6.07, 6.45) is -3.25. The fourth-order valence-corrected chi connectivity index (χ4v) is 1.22. The van der Waals surface area contributed by atoms with Crippen LogP contribution in [0.3, 0.4) is 0 Å². The zero-order valence-electron chi connectivity index (χ0n) is 8.77. The zero-order chi connectivity index (χ0) is 11.4. The van der Waals surface area contributed by atoms with Gasteiger partial charge in [-0.15, -0.1) is 0 Å². The molecule has 1 unspecified atom stereocenters. The van der Waals surface area contributed by atoms with Crippen LogP contribution in [0.4, 0.5) is 8.78 Å². The standard InChI is InChI=1S/C9H15F2N3O/c1-6(2)4-14-8(12-5-13-14)3-7(15)9(10)11/h5-7,9,15H,3-4H2,1-2H3. The molecule has 1 rings (SSSR count). The van der Waals surface area contributed by atoms with Crippen molar-refractivity contribution in [3.8, 4) is 0 Å². The third kappa shape index (κ3) is 3.54. The van der Waals surface area contributed by atoms with E-state index in [1.807, 2.05) is 13.8 Å². The highest BCUT2D eigenvalue weighted by Gasteiger charge is 2.20. The van der Waals surface area contributed by atoms with Crippen LogP contribution >= 0.6 is 0 Å². The zero-order valence-corrected chi connectivity index (χ0v) is 8.77. The second kappa shape index (κ2) is 5.16. The van der Waals surface area contributed by atoms with E-state index in [1.54, 1.807) is 4.68 Å². The van der Waals surface area contributed by atoms with Crippen molar-refractivity contribution in [3.05, 3.63) is 12.2 Å². The van der Waals surface area contributed by atoms with Crippen molar-refractivity contribution in [2.24, 2.45) is 5.92 Å². The molecule has 0 aliphatic carbocycles. The minimum absolute atomic E-state index is 0.162. The van der Waals surface area contributed by atoms with E-state index in [9.17, 15) is 8.78 Å². The molecule has 0 saturated carbocycles. The first-order valence-corrected chi connectivity index (χ1v) is 4.83. The van der Waals surface area contributed by atoms with Crippen molar-refractivity contribution in [3.63, 3.8) is 0 Å². The lowest BCUT2D eigenvalue weighted by atomic mass is 10.2. The first-order chi connectivity index (χ1) is 7.00. The fraction of sp³-hybridized carbons (Fsp3) is 0.778. The van der Waals surface area contributed by atoms with E-state index >= 15 is 0 Å². The number of aliphatic hydroxyl groups is 1. The summed E-state index contributed by atoms with van der Waals surface area (Å²) in [4.78, 5) is 3.85. The molecular formula is C9H15F2N3O. The molecule has 1 aromatic heterocycles. The van der Waals surface area contributed by atoms with Crippen LogP contribution in [0.5, 0.6) is 0 Å². The number of alkyl halides is 2. The maximum absolute atomic E-state index is 12.1. The molecule has 0 fully saturated rings. The Morgan fingerprint density at radius 1 is 1.47 bits per heavy atom. The highest BCUT2D eigenvalue weighted by molar-refractivity contribution is 4.88. The maximum atomic E-state index is 12.1. The van der Waals surface area contributed by atoms with Crippen molar-refractivity contribution in [1.82, 2.24) is 14.8 Å². The predicted octanol–water partition coefficient (Wildman–Crippen LogP) is 1.10. The van der Waals surface area contributed by atoms with Crippen LogP contribution in [0.25, 0.3) is 0 Å². The molecule has 0 aromatic carbocycles. The first-order valence-electron chi connectivity index (χ1n) is 4.83. The molecule has 0 bridgehead atoms. The van der Waals surface area contributed by atoms with Crippen LogP contribution in [0.15, 0.2) is 6.33 Å². The summed E-state index contributed by atoms with van der Waals surface area (Å²) in [6.45, 7) is 4.61. The molecule has 86 valence electrons. The Bertz CT molecular complexity index is 301. The monoisotopic (exact) mass is 219 g/mol. The number of rotatable bonds is 5. The minimum atomic E-state index is -2.74. The quantitative estimate of drug-likeness (QED) is 0.806. The normalized spacial score (nSPS) is 13.8. The summed E-state index contributed by atoms with van der Waals surface area (Å²) in [5.41, 5.74) is 0. The van der Waals surface area contributed by atoms with Crippen LogP contribution < -0.4 is 0 Å². The van der Waals surface area contributed by atoms with Gasteiger partial charge in [-0.05, 0) is 5.92 Å². The van der Waals surface area contributed by atoms with Gasteiger partial charge in [-0.1, -0.05) is 13.8 Å². The minimum Gasteiger partial charge on any atom is -0.387 e. The summed E-state index contributed by atoms with van der Waals surface area (Å²) in [7, 11) is 0. The summed E-state index contributed by atoms with van der Waals surface area (Å²) in [5.74, 6) is 0.755. The lowest BCUT2D eigenvalue weighted by Crippen LogP contribution is -2.23. The van der Waals surface area contributed by atoms with Crippen molar-refractivity contribution in [2.75, 3.05) is 0 Å². The van der Waals surface area contributed by atoms with Crippen LogP contribution in [-0.2, 0) is 13.0 Å². The van der Waals surface area contributed by atoms with Crippen molar-refractivity contribution >= 4 is 0 Å². The largest absolute Gasteiger partial charge is 0.387 e. The van der Waals surface area contributed by atoms with E-state index in [0.717, 1.165) is 0 Å². The van der Waals surface area contributed by atoms with Crippen molar-refractivity contribution < 1.29 is 13.9 Å². The van der Waals surface area contributed by atoms with E-state index in [1.165, 1.54) is 6.33 Å². The summed E-state index contributed by atoms with van der Waals surface area (Å²) < 4.78 is 25.8. The first kappa shape index (κ1) is 12.0. The molecule has 6 heteroatoms. The van der Waals surface area contributed by atoms with Gasteiger partial charge in [0.15, 0.2) is 0 Å². The predicted molar refractivity (Wildman–Crippen MR) is 50.6 cm³/mol. The fourth-order valence-electron chi connectivity index (χ4n) is 1.22. The van der Waals surface area contributed by atoms with Crippen molar-refractivity contribution in [2.45, 2.75) is 39.3 Å². The van der Waals surface area contributed by atoms with E-state index in [4.69, 9.17) is 5.11 Å². The van der Waals surface area contributed by atoms with Gasteiger partial charge in [0.1, 0.15) is 18.3 Å². The molecule has 0 saturated heterocycles. The maximum Gasteiger partial charge on any atom is 0.264 e. The Hall–Kier alpha value is -1.04. The number of hydrogen-bond acceptors (Lipinski definition) is 3. The molecule has 0 aliphatic heterocycles. The van der Waals surface area contributed by atoms with Gasteiger partial charge in [0, 0.05) is 13.0 Å². The molecule has 4 nitrogen and oxygen atoms in total. The van der Waals surface area contributed by atoms with Gasteiger partial charge in [-0.25, -0.2) is 18.4 Å². The third-order valence-corrected chi connectivity index (χ3v) is 1.92. The molecule has 1 atom stereocenters. The molecule has 0 aliphatic rings. The average Bonchev–Trinajstić information content (AvgIpc) is 2.51. The van der Waals surface area contributed by atoms with Gasteiger partial charge < -0.3 is 5.11 Å². The Balaban J connectivity index is 2.64. The topological polar surface area (TPSA) is 50.9 Å². The molecule has 0 spiro atoms. The lowest BCUT2D eigenvalue weighted by Gasteiger charge is -2.11. The average molecular weight is 219 g/mol. The summed E-state index contributed by atoms with van der Waals surface area (Å²) in [6, 6.07) is 0. The molecular weight excluding hydrogens is 204 g/mol. The van der Waals surface area contributed by atoms with Gasteiger partial charge in [-0.3, -0.25) is 0 Å². The highest BCUT2D eigenvalue weighted by atomic mass is 19.3. The summed E-state index contributed by atoms with van der Waals surface area (Å²) in [5, 5.41) is 12.9. The molecule has 0 radical (unpaired) electrons. The van der Waals surface area contributed by atoms with Gasteiger partial charge in [-0.2, -0.15) is 5.10 Å². The molecule has 1 N–H and O–H groups in total. The van der Waals surface area contributed by atoms with Crippen LogP contribution in [-0.4, -0.2) is 32.4 Å². The van der Waals surface area contributed by atoms with Crippen LogP contribution in [0.1, 0.15) is 19.7 Å².